The number of carbonyl (C=O) groups is 1. The van der Waals surface area contributed by atoms with Gasteiger partial charge in [-0.25, -0.2) is 0 Å². The molecule has 9 nitrogen and oxygen atoms in total. The molecule has 1 amide bonds. The third-order valence-electron chi connectivity index (χ3n) is 3.91. The highest BCUT2D eigenvalue weighted by molar-refractivity contribution is 5.94. The number of amides is 1. The topological polar surface area (TPSA) is 161 Å². The Hall–Kier alpha value is -1.59. The highest BCUT2D eigenvalue weighted by Gasteiger charge is 2.06. The van der Waals surface area contributed by atoms with Crippen LogP contribution in [0.15, 0.2) is 30.3 Å². The fourth-order valence-corrected chi connectivity index (χ4v) is 2.17. The van der Waals surface area contributed by atoms with Crippen molar-refractivity contribution < 1.29 is 19.0 Å². The van der Waals surface area contributed by atoms with Gasteiger partial charge in [-0.3, -0.25) is 4.79 Å². The van der Waals surface area contributed by atoms with Crippen LogP contribution in [0.1, 0.15) is 56.8 Å². The van der Waals surface area contributed by atoms with Crippen molar-refractivity contribution in [2.45, 2.75) is 52.5 Å². The lowest BCUT2D eigenvalue weighted by molar-refractivity contribution is 0.0747. The molecule has 1 aliphatic rings. The number of hydrogen-bond acceptors (Lipinski definition) is 8. The minimum atomic E-state index is -0.0685. The molecule has 2 rings (SSSR count). The van der Waals surface area contributed by atoms with Gasteiger partial charge in [-0.15, -0.1) is 0 Å². The van der Waals surface area contributed by atoms with Gasteiger partial charge >= 0.3 is 0 Å². The van der Waals surface area contributed by atoms with Crippen LogP contribution in [0.3, 0.4) is 0 Å². The van der Waals surface area contributed by atoms with E-state index in [-0.39, 0.29) is 5.91 Å². The molecule has 0 saturated carbocycles. The van der Waals surface area contributed by atoms with Gasteiger partial charge in [0.15, 0.2) is 0 Å². The lowest BCUT2D eigenvalue weighted by Gasteiger charge is -2.16. The van der Waals surface area contributed by atoms with Crippen LogP contribution >= 0.6 is 0 Å². The van der Waals surface area contributed by atoms with E-state index in [0.717, 1.165) is 32.6 Å². The molecule has 1 saturated heterocycles. The van der Waals surface area contributed by atoms with E-state index in [9.17, 15) is 4.79 Å². The van der Waals surface area contributed by atoms with Crippen molar-refractivity contribution in [1.29, 1.82) is 0 Å². The first kappa shape index (κ1) is 37.0. The van der Waals surface area contributed by atoms with Gasteiger partial charge in [-0.2, -0.15) is 0 Å². The van der Waals surface area contributed by atoms with E-state index in [1.807, 2.05) is 32.0 Å². The van der Waals surface area contributed by atoms with Crippen molar-refractivity contribution in [3.05, 3.63) is 35.9 Å². The molecule has 1 fully saturated rings. The van der Waals surface area contributed by atoms with Crippen molar-refractivity contribution in [1.82, 2.24) is 5.32 Å². The fourth-order valence-electron chi connectivity index (χ4n) is 2.17. The van der Waals surface area contributed by atoms with E-state index < -0.39 is 0 Å². The number of benzene rings is 1. The van der Waals surface area contributed by atoms with Crippen LogP contribution in [0, 0.1) is 0 Å². The summed E-state index contributed by atoms with van der Waals surface area (Å²) in [6.07, 6.45) is 4.66. The maximum absolute atomic E-state index is 11.2. The third kappa shape index (κ3) is 30.4. The molecule has 1 aromatic carbocycles. The number of unbranched alkanes of at least 4 members (excludes halogenated alkanes) is 1. The van der Waals surface area contributed by atoms with Gasteiger partial charge in [0.2, 0.25) is 0 Å². The first-order valence-corrected chi connectivity index (χ1v) is 12.4. The zero-order chi connectivity index (χ0) is 26.3. The molecule has 202 valence electrons. The van der Waals surface area contributed by atoms with E-state index in [4.69, 9.17) is 37.1 Å². The largest absolute Gasteiger partial charge is 0.382 e. The van der Waals surface area contributed by atoms with Crippen LogP contribution in [-0.4, -0.2) is 78.3 Å². The Bertz CT molecular complexity index is 481. The summed E-state index contributed by atoms with van der Waals surface area (Å²) >= 11 is 0. The molecule has 34 heavy (non-hydrogen) atoms. The van der Waals surface area contributed by atoms with Crippen LogP contribution in [0.4, 0.5) is 0 Å². The first-order valence-electron chi connectivity index (χ1n) is 12.4. The summed E-state index contributed by atoms with van der Waals surface area (Å²) in [7, 11) is 1.64. The van der Waals surface area contributed by atoms with Gasteiger partial charge in [-0.1, -0.05) is 45.4 Å². The molecule has 0 aliphatic carbocycles. The average molecular weight is 488 g/mol. The fraction of sp³-hybridized carbons (Fsp3) is 0.720. The molecular weight excluding hydrogens is 434 g/mol. The molecule has 0 spiro atoms. The summed E-state index contributed by atoms with van der Waals surface area (Å²) in [6, 6.07) is 9.39. The summed E-state index contributed by atoms with van der Waals surface area (Å²) in [5, 5.41) is 2.68. The van der Waals surface area contributed by atoms with Crippen LogP contribution < -0.4 is 28.3 Å². The second-order valence-corrected chi connectivity index (χ2v) is 6.92. The van der Waals surface area contributed by atoms with E-state index in [0.29, 0.717) is 51.1 Å². The summed E-state index contributed by atoms with van der Waals surface area (Å²) < 4.78 is 14.8. The highest BCUT2D eigenvalue weighted by atomic mass is 16.5. The summed E-state index contributed by atoms with van der Waals surface area (Å²) in [5.74, 6) is -0.0685. The SMILES string of the molecule is CC.CCCCN.COCCOCCN.NC1CCCOC1.NCCNC(=O)c1ccccc1. The normalized spacial score (nSPS) is 13.8. The van der Waals surface area contributed by atoms with Crippen LogP contribution in [0.25, 0.3) is 0 Å². The highest BCUT2D eigenvalue weighted by Crippen LogP contribution is 2.01. The molecule has 1 unspecified atom stereocenters. The second-order valence-electron chi connectivity index (χ2n) is 6.92. The van der Waals surface area contributed by atoms with Crippen molar-refractivity contribution in [3.63, 3.8) is 0 Å². The number of ether oxygens (including phenoxy) is 3. The number of nitrogens with two attached hydrogens (primary N) is 4. The Balaban J connectivity index is -0.000000385. The van der Waals surface area contributed by atoms with E-state index in [2.05, 4.69) is 12.2 Å². The molecule has 0 bridgehead atoms. The van der Waals surface area contributed by atoms with Gasteiger partial charge in [0, 0.05) is 45.0 Å². The summed E-state index contributed by atoms with van der Waals surface area (Å²) in [6.45, 7) is 12.2. The molecular formula is C25H53N5O4. The quantitative estimate of drug-likeness (QED) is 0.313. The van der Waals surface area contributed by atoms with Gasteiger partial charge in [0.25, 0.3) is 5.91 Å². The predicted molar refractivity (Wildman–Crippen MR) is 143 cm³/mol. The zero-order valence-electron chi connectivity index (χ0n) is 22.1. The van der Waals surface area contributed by atoms with Crippen molar-refractivity contribution in [2.24, 2.45) is 22.9 Å². The van der Waals surface area contributed by atoms with Crippen molar-refractivity contribution in [3.8, 4) is 0 Å². The average Bonchev–Trinajstić information content (AvgIpc) is 2.89. The predicted octanol–water partition coefficient (Wildman–Crippen LogP) is 1.88. The van der Waals surface area contributed by atoms with Gasteiger partial charge in [0.1, 0.15) is 0 Å². The smallest absolute Gasteiger partial charge is 0.251 e. The molecule has 9 N–H and O–H groups in total. The Morgan fingerprint density at radius 2 is 1.74 bits per heavy atom. The molecule has 0 aromatic heterocycles. The monoisotopic (exact) mass is 487 g/mol. The number of carbonyl (C=O) groups excluding carboxylic acids is 1. The standard InChI is InChI=1S/C9H12N2O.C5H13NO2.C5H11NO.C4H11N.C2H6/c10-6-7-11-9(12)8-4-2-1-3-5-8;1-7-4-5-8-3-2-6;6-5-2-1-3-7-4-5;1-2-3-4-5;1-2/h1-5H,6-7,10H2,(H,11,12);2-6H2,1H3;5H,1-4,6H2;2-5H2,1H3;1-2H3. The number of rotatable bonds is 10. The van der Waals surface area contributed by atoms with Crippen LogP contribution in [-0.2, 0) is 14.2 Å². The van der Waals surface area contributed by atoms with Gasteiger partial charge < -0.3 is 42.5 Å². The minimum Gasteiger partial charge on any atom is -0.382 e. The number of hydrogen-bond donors (Lipinski definition) is 5. The molecule has 1 atom stereocenters. The van der Waals surface area contributed by atoms with Crippen molar-refractivity contribution >= 4 is 5.91 Å². The molecule has 1 heterocycles. The van der Waals surface area contributed by atoms with E-state index in [1.54, 1.807) is 19.2 Å². The van der Waals surface area contributed by atoms with Gasteiger partial charge in [-0.05, 0) is 37.9 Å². The number of nitrogens with one attached hydrogen (secondary N) is 1. The molecule has 9 heteroatoms. The summed E-state index contributed by atoms with van der Waals surface area (Å²) in [5.41, 5.74) is 21.7. The Morgan fingerprint density at radius 3 is 2.12 bits per heavy atom. The first-order chi connectivity index (χ1) is 16.6. The lowest BCUT2D eigenvalue weighted by atomic mass is 10.1. The number of methoxy groups -OCH3 is 1. The third-order valence-corrected chi connectivity index (χ3v) is 3.91. The zero-order valence-corrected chi connectivity index (χ0v) is 22.1. The maximum Gasteiger partial charge on any atom is 0.251 e. The lowest BCUT2D eigenvalue weighted by Crippen LogP contribution is -2.30. The van der Waals surface area contributed by atoms with Crippen LogP contribution in [0.2, 0.25) is 0 Å². The van der Waals surface area contributed by atoms with E-state index >= 15 is 0 Å². The van der Waals surface area contributed by atoms with Crippen LogP contribution in [0.5, 0.6) is 0 Å². The molecule has 1 aliphatic heterocycles. The summed E-state index contributed by atoms with van der Waals surface area (Å²) in [4.78, 5) is 11.2. The Morgan fingerprint density at radius 1 is 1.06 bits per heavy atom. The Kier molecular flexibility index (Phi) is 36.5. The second kappa shape index (κ2) is 33.6. The van der Waals surface area contributed by atoms with Gasteiger partial charge in [0.05, 0.1) is 26.4 Å². The van der Waals surface area contributed by atoms with E-state index in [1.165, 1.54) is 12.8 Å². The minimum absolute atomic E-state index is 0.0685. The van der Waals surface area contributed by atoms with Crippen molar-refractivity contribution in [2.75, 3.05) is 66.3 Å². The molecule has 1 aromatic rings. The maximum atomic E-state index is 11.2. The molecule has 0 radical (unpaired) electrons. The Labute approximate surface area is 208 Å².